The second kappa shape index (κ2) is 5.15. The smallest absolute Gasteiger partial charge is 0.138 e. The Morgan fingerprint density at radius 2 is 1.79 bits per heavy atom. The van der Waals surface area contributed by atoms with Crippen LogP contribution in [0.15, 0.2) is 12.7 Å². The molecule has 4 nitrogen and oxygen atoms in total. The van der Waals surface area contributed by atoms with Crippen LogP contribution in [0.25, 0.3) is 0 Å². The van der Waals surface area contributed by atoms with Gasteiger partial charge in [0.25, 0.3) is 0 Å². The van der Waals surface area contributed by atoms with Crippen LogP contribution in [0.2, 0.25) is 0 Å². The van der Waals surface area contributed by atoms with Gasteiger partial charge in [-0.2, -0.15) is 0 Å². The zero-order valence-electron chi connectivity index (χ0n) is 15.6. The van der Waals surface area contributed by atoms with E-state index in [0.29, 0.717) is 12.2 Å². The molecule has 4 heteroatoms. The highest BCUT2D eigenvalue weighted by Crippen LogP contribution is 2.64. The molecule has 0 amide bonds. The molecule has 1 saturated heterocycles. The number of ether oxygens (including phenoxy) is 1. The molecular weight excluding hydrogens is 304 g/mol. The van der Waals surface area contributed by atoms with Crippen molar-refractivity contribution in [1.29, 1.82) is 0 Å². The highest BCUT2D eigenvalue weighted by atomic mass is 16.5. The minimum atomic E-state index is -1.01. The van der Waals surface area contributed by atoms with Crippen LogP contribution < -0.4 is 0 Å². The zero-order chi connectivity index (χ0) is 18.1. The summed E-state index contributed by atoms with van der Waals surface area (Å²) in [6.07, 6.45) is 2.67. The number of fused-ring (bicyclic) bond motifs is 3. The van der Waals surface area contributed by atoms with E-state index in [9.17, 15) is 15.0 Å². The van der Waals surface area contributed by atoms with Gasteiger partial charge in [0.1, 0.15) is 17.5 Å². The summed E-state index contributed by atoms with van der Waals surface area (Å²) < 4.78 is 6.39. The minimum Gasteiger partial charge on any atom is -0.390 e. The standard InChI is InChI=1S/C20H32O4/c1-7-19(5)16(23)14(22)15-18(4)10-9-13(21)17(2,3)12(18)8-11-20(15,6)24-19/h7,12,14-16,22-23H,1,8-11H2,2-6H3/t12-,14-,15+,16-,18-,19+,20+/m1/s1. The van der Waals surface area contributed by atoms with E-state index in [4.69, 9.17) is 4.74 Å². The molecule has 0 aromatic heterocycles. The molecule has 0 aromatic carbocycles. The first-order valence-corrected chi connectivity index (χ1v) is 9.15. The summed E-state index contributed by atoms with van der Waals surface area (Å²) in [7, 11) is 0. The molecule has 1 heterocycles. The van der Waals surface area contributed by atoms with E-state index in [2.05, 4.69) is 20.4 Å². The van der Waals surface area contributed by atoms with Crippen LogP contribution >= 0.6 is 0 Å². The van der Waals surface area contributed by atoms with Crippen molar-refractivity contribution < 1.29 is 19.7 Å². The Balaban J connectivity index is 2.07. The lowest BCUT2D eigenvalue weighted by Crippen LogP contribution is -2.72. The van der Waals surface area contributed by atoms with Crippen LogP contribution in [0, 0.1) is 22.7 Å². The summed E-state index contributed by atoms with van der Waals surface area (Å²) in [5, 5.41) is 21.8. The van der Waals surface area contributed by atoms with E-state index >= 15 is 0 Å². The minimum absolute atomic E-state index is 0.195. The molecule has 0 unspecified atom stereocenters. The Hall–Kier alpha value is -0.710. The van der Waals surface area contributed by atoms with Gasteiger partial charge in [0, 0.05) is 17.8 Å². The number of hydrogen-bond acceptors (Lipinski definition) is 4. The van der Waals surface area contributed by atoms with Gasteiger partial charge in [0.05, 0.1) is 11.7 Å². The Labute approximate surface area is 145 Å². The summed E-state index contributed by atoms with van der Waals surface area (Å²) in [4.78, 5) is 12.5. The highest BCUT2D eigenvalue weighted by molar-refractivity contribution is 5.85. The SMILES string of the molecule is C=C[C@]1(C)O[C@@]2(C)CC[C@@H]3C(C)(C)C(=O)CC[C@@]3(C)[C@@H]2[C@@H](O)[C@H]1O. The second-order valence-electron chi connectivity index (χ2n) is 9.46. The molecule has 2 N–H and O–H groups in total. The fourth-order valence-corrected chi connectivity index (χ4v) is 6.36. The van der Waals surface area contributed by atoms with Gasteiger partial charge in [-0.15, -0.1) is 6.58 Å². The van der Waals surface area contributed by atoms with Crippen LogP contribution in [0.3, 0.4) is 0 Å². The average molecular weight is 336 g/mol. The van der Waals surface area contributed by atoms with Crippen molar-refractivity contribution >= 4 is 5.78 Å². The molecule has 2 aliphatic carbocycles. The molecule has 7 atom stereocenters. The summed E-state index contributed by atoms with van der Waals surface area (Å²) in [5.41, 5.74) is -2.09. The number of carbonyl (C=O) groups excluding carboxylic acids is 1. The number of ketones is 1. The van der Waals surface area contributed by atoms with Crippen LogP contribution in [-0.4, -0.2) is 39.4 Å². The maximum atomic E-state index is 12.5. The van der Waals surface area contributed by atoms with Gasteiger partial charge in [0.15, 0.2) is 0 Å². The highest BCUT2D eigenvalue weighted by Gasteiger charge is 2.67. The zero-order valence-corrected chi connectivity index (χ0v) is 15.6. The Kier molecular flexibility index (Phi) is 3.88. The lowest BCUT2D eigenvalue weighted by molar-refractivity contribution is -0.314. The number of aliphatic hydroxyl groups is 2. The van der Waals surface area contributed by atoms with Gasteiger partial charge in [-0.25, -0.2) is 0 Å². The fraction of sp³-hybridized carbons (Fsp3) is 0.850. The molecular formula is C20H32O4. The second-order valence-corrected chi connectivity index (χ2v) is 9.46. The van der Waals surface area contributed by atoms with Gasteiger partial charge < -0.3 is 14.9 Å². The lowest BCUT2D eigenvalue weighted by Gasteiger charge is -2.66. The monoisotopic (exact) mass is 336 g/mol. The Morgan fingerprint density at radius 3 is 2.38 bits per heavy atom. The van der Waals surface area contributed by atoms with Crippen molar-refractivity contribution in [3.8, 4) is 0 Å². The van der Waals surface area contributed by atoms with E-state index in [1.54, 1.807) is 13.0 Å². The summed E-state index contributed by atoms with van der Waals surface area (Å²) in [6, 6.07) is 0. The Morgan fingerprint density at radius 1 is 1.17 bits per heavy atom. The van der Waals surface area contributed by atoms with Gasteiger partial charge >= 0.3 is 0 Å². The van der Waals surface area contributed by atoms with Crippen LogP contribution in [0.1, 0.15) is 60.3 Å². The molecule has 24 heavy (non-hydrogen) atoms. The first-order valence-electron chi connectivity index (χ1n) is 9.15. The van der Waals surface area contributed by atoms with Crippen LogP contribution in [0.5, 0.6) is 0 Å². The molecule has 136 valence electrons. The van der Waals surface area contributed by atoms with Crippen molar-refractivity contribution in [2.45, 2.75) is 83.7 Å². The van der Waals surface area contributed by atoms with Gasteiger partial charge in [0.2, 0.25) is 0 Å². The molecule has 0 bridgehead atoms. The molecule has 0 spiro atoms. The van der Waals surface area contributed by atoms with Crippen molar-refractivity contribution in [3.63, 3.8) is 0 Å². The first-order chi connectivity index (χ1) is 10.9. The van der Waals surface area contributed by atoms with E-state index in [-0.39, 0.29) is 17.3 Å². The number of hydrogen-bond donors (Lipinski definition) is 2. The van der Waals surface area contributed by atoms with Crippen LogP contribution in [0.4, 0.5) is 0 Å². The third-order valence-electron chi connectivity index (χ3n) is 7.69. The molecule has 3 rings (SSSR count). The van der Waals surface area contributed by atoms with E-state index < -0.39 is 28.8 Å². The molecule has 3 fully saturated rings. The number of Topliss-reactive ketones (excluding diaryl/α,β-unsaturated/α-hetero) is 1. The maximum Gasteiger partial charge on any atom is 0.138 e. The number of rotatable bonds is 1. The summed E-state index contributed by atoms with van der Waals surface area (Å²) in [6.45, 7) is 13.9. The van der Waals surface area contributed by atoms with Crippen molar-refractivity contribution in [3.05, 3.63) is 12.7 Å². The van der Waals surface area contributed by atoms with Crippen molar-refractivity contribution in [2.75, 3.05) is 0 Å². The van der Waals surface area contributed by atoms with Gasteiger partial charge in [-0.1, -0.05) is 26.8 Å². The predicted molar refractivity (Wildman–Crippen MR) is 92.4 cm³/mol. The predicted octanol–water partition coefficient (Wildman–Crippen LogP) is 2.86. The molecule has 2 saturated carbocycles. The molecule has 0 aromatic rings. The normalized spacial score (nSPS) is 53.9. The van der Waals surface area contributed by atoms with Gasteiger partial charge in [-0.3, -0.25) is 4.79 Å². The number of carbonyl (C=O) groups is 1. The molecule has 0 radical (unpaired) electrons. The topological polar surface area (TPSA) is 66.8 Å². The molecule has 1 aliphatic heterocycles. The molecule has 3 aliphatic rings. The van der Waals surface area contributed by atoms with Crippen LogP contribution in [-0.2, 0) is 9.53 Å². The summed E-state index contributed by atoms with van der Waals surface area (Å²) >= 11 is 0. The fourth-order valence-electron chi connectivity index (χ4n) is 6.36. The largest absolute Gasteiger partial charge is 0.390 e. The van der Waals surface area contributed by atoms with E-state index in [0.717, 1.165) is 19.3 Å². The third-order valence-corrected chi connectivity index (χ3v) is 7.69. The summed E-state index contributed by atoms with van der Waals surface area (Å²) in [5.74, 6) is 0.318. The third kappa shape index (κ3) is 2.12. The van der Waals surface area contributed by atoms with Crippen molar-refractivity contribution in [1.82, 2.24) is 0 Å². The average Bonchev–Trinajstić information content (AvgIpc) is 2.48. The lowest BCUT2D eigenvalue weighted by atomic mass is 9.43. The number of aliphatic hydroxyl groups excluding tert-OH is 2. The maximum absolute atomic E-state index is 12.5. The van der Waals surface area contributed by atoms with Gasteiger partial charge in [-0.05, 0) is 44.4 Å². The quantitative estimate of drug-likeness (QED) is 0.723. The first kappa shape index (κ1) is 18.1. The Bertz CT molecular complexity index is 570. The van der Waals surface area contributed by atoms with E-state index in [1.165, 1.54) is 0 Å². The van der Waals surface area contributed by atoms with E-state index in [1.807, 2.05) is 13.8 Å². The van der Waals surface area contributed by atoms with Crippen molar-refractivity contribution in [2.24, 2.45) is 22.7 Å².